The first-order valence-corrected chi connectivity index (χ1v) is 11.8. The van der Waals surface area contributed by atoms with Crippen molar-refractivity contribution in [1.29, 1.82) is 0 Å². The number of nitrogens with zero attached hydrogens (tertiary/aromatic N) is 1. The van der Waals surface area contributed by atoms with Gasteiger partial charge in [-0.25, -0.2) is 5.43 Å². The first kappa shape index (κ1) is 23.2. The van der Waals surface area contributed by atoms with Crippen LogP contribution in [-0.4, -0.2) is 44.0 Å². The van der Waals surface area contributed by atoms with Gasteiger partial charge in [0.15, 0.2) is 18.1 Å². The van der Waals surface area contributed by atoms with E-state index in [0.29, 0.717) is 32.4 Å². The number of benzene rings is 2. The number of carbonyl (C=O) groups is 1. The van der Waals surface area contributed by atoms with Crippen LogP contribution in [-0.2, 0) is 4.79 Å². The van der Waals surface area contributed by atoms with E-state index in [-0.39, 0.29) is 19.1 Å². The van der Waals surface area contributed by atoms with Gasteiger partial charge in [0, 0.05) is 11.5 Å². The monoisotopic (exact) mass is 476 g/mol. The summed E-state index contributed by atoms with van der Waals surface area (Å²) in [6.07, 6.45) is 6.65. The van der Waals surface area contributed by atoms with Crippen molar-refractivity contribution < 1.29 is 19.0 Å². The van der Waals surface area contributed by atoms with Crippen molar-refractivity contribution in [2.24, 2.45) is 5.10 Å². The maximum atomic E-state index is 12.0. The molecule has 0 saturated carbocycles. The lowest BCUT2D eigenvalue weighted by Gasteiger charge is -2.11. The first-order chi connectivity index (χ1) is 15.1. The van der Waals surface area contributed by atoms with Crippen LogP contribution in [0.5, 0.6) is 17.2 Å². The third-order valence-corrected chi connectivity index (χ3v) is 7.48. The molecule has 3 rings (SSSR count). The van der Waals surface area contributed by atoms with Gasteiger partial charge in [-0.15, -0.1) is 29.9 Å². The van der Waals surface area contributed by atoms with Crippen molar-refractivity contribution >= 4 is 47.2 Å². The summed E-state index contributed by atoms with van der Waals surface area (Å²) in [5, 5.41) is 4.25. The highest BCUT2D eigenvalue weighted by molar-refractivity contribution is 8.19. The summed E-state index contributed by atoms with van der Waals surface area (Å²) in [5.74, 6) is 5.75. The Hall–Kier alpha value is -2.47. The van der Waals surface area contributed by atoms with Crippen LogP contribution in [0, 0.1) is 12.3 Å². The quantitative estimate of drug-likeness (QED) is 0.329. The molecule has 31 heavy (non-hydrogen) atoms. The summed E-state index contributed by atoms with van der Waals surface area (Å²) >= 11 is 10.1. The van der Waals surface area contributed by atoms with Gasteiger partial charge in [0.05, 0.1) is 22.9 Å². The van der Waals surface area contributed by atoms with E-state index in [1.54, 1.807) is 12.1 Å². The number of ether oxygens (including phenoxy) is 3. The number of methoxy groups -OCH3 is 1. The van der Waals surface area contributed by atoms with Gasteiger partial charge in [-0.2, -0.15) is 5.10 Å². The molecule has 1 aliphatic rings. The molecule has 9 heteroatoms. The van der Waals surface area contributed by atoms with Crippen LogP contribution in [0.2, 0.25) is 5.02 Å². The topological polar surface area (TPSA) is 69.2 Å². The zero-order chi connectivity index (χ0) is 22.1. The lowest BCUT2D eigenvalue weighted by molar-refractivity contribution is -0.123. The second-order valence-corrected chi connectivity index (χ2v) is 9.38. The fourth-order valence-electron chi connectivity index (χ4n) is 2.70. The minimum Gasteiger partial charge on any atom is -0.493 e. The number of hydrazone groups is 1. The van der Waals surface area contributed by atoms with E-state index in [4.69, 9.17) is 32.2 Å². The Kier molecular flexibility index (Phi) is 8.83. The predicted molar refractivity (Wildman–Crippen MR) is 128 cm³/mol. The van der Waals surface area contributed by atoms with E-state index < -0.39 is 0 Å². The average Bonchev–Trinajstić information content (AvgIpc) is 3.32. The van der Waals surface area contributed by atoms with Gasteiger partial charge in [-0.05, 0) is 35.4 Å². The third-order valence-electron chi connectivity index (χ3n) is 4.10. The first-order valence-electron chi connectivity index (χ1n) is 9.32. The Morgan fingerprint density at radius 1 is 1.29 bits per heavy atom. The zero-order valence-corrected chi connectivity index (χ0v) is 19.2. The molecule has 1 aliphatic heterocycles. The van der Waals surface area contributed by atoms with E-state index >= 15 is 0 Å². The summed E-state index contributed by atoms with van der Waals surface area (Å²) in [6.45, 7) is -0.0760. The maximum Gasteiger partial charge on any atom is 0.277 e. The fraction of sp³-hybridized carbons (Fsp3) is 0.273. The summed E-state index contributed by atoms with van der Waals surface area (Å²) in [7, 11) is 1.49. The molecule has 0 unspecified atom stereocenters. The van der Waals surface area contributed by atoms with Crippen LogP contribution >= 0.6 is 35.1 Å². The highest BCUT2D eigenvalue weighted by Gasteiger charge is 2.18. The molecule has 2 aromatic rings. The standard InChI is InChI=1S/C22H21ClN2O4S2/c1-3-8-28-21-18(23)11-15(12-19(21)27-2)13-24-25-20(26)14-29-17-6-4-16(5-7-17)22-30-9-10-31-22/h1,4-7,11-13,22H,8-10,14H2,2H3,(H,25,26)/b24-13-. The van der Waals surface area contributed by atoms with Gasteiger partial charge < -0.3 is 14.2 Å². The number of nitrogens with one attached hydrogen (secondary N) is 1. The molecule has 0 bridgehead atoms. The van der Waals surface area contributed by atoms with Crippen molar-refractivity contribution in [3.63, 3.8) is 0 Å². The zero-order valence-electron chi connectivity index (χ0n) is 16.8. The number of hydrogen-bond acceptors (Lipinski definition) is 7. The summed E-state index contributed by atoms with van der Waals surface area (Å²) in [6, 6.07) is 11.1. The van der Waals surface area contributed by atoms with Gasteiger partial charge in [0.2, 0.25) is 0 Å². The van der Waals surface area contributed by atoms with E-state index in [0.717, 1.165) is 0 Å². The molecule has 0 spiro atoms. The maximum absolute atomic E-state index is 12.0. The van der Waals surface area contributed by atoms with E-state index in [1.807, 2.05) is 47.8 Å². The Morgan fingerprint density at radius 2 is 2.03 bits per heavy atom. The molecule has 162 valence electrons. The molecule has 1 saturated heterocycles. The lowest BCUT2D eigenvalue weighted by atomic mass is 10.2. The second kappa shape index (κ2) is 11.8. The van der Waals surface area contributed by atoms with Crippen molar-refractivity contribution in [3.05, 3.63) is 52.5 Å². The molecule has 1 amide bonds. The molecule has 1 heterocycles. The summed E-state index contributed by atoms with van der Waals surface area (Å²) < 4.78 is 16.7. The normalized spacial score (nSPS) is 13.7. The number of terminal acetylenes is 1. The summed E-state index contributed by atoms with van der Waals surface area (Å²) in [5.41, 5.74) is 4.30. The second-order valence-electron chi connectivity index (χ2n) is 6.25. The molecule has 0 atom stereocenters. The number of rotatable bonds is 9. The predicted octanol–water partition coefficient (Wildman–Crippen LogP) is 4.37. The minimum absolute atomic E-state index is 0.0702. The smallest absolute Gasteiger partial charge is 0.277 e. The number of amides is 1. The number of hydrogen-bond donors (Lipinski definition) is 1. The van der Waals surface area contributed by atoms with Crippen LogP contribution in [0.1, 0.15) is 15.7 Å². The Balaban J connectivity index is 1.50. The Bertz CT molecular complexity index is 971. The van der Waals surface area contributed by atoms with Crippen LogP contribution in [0.3, 0.4) is 0 Å². The minimum atomic E-state index is -0.380. The van der Waals surface area contributed by atoms with Crippen LogP contribution < -0.4 is 19.6 Å². The molecule has 0 aromatic heterocycles. The van der Waals surface area contributed by atoms with Gasteiger partial charge in [-0.1, -0.05) is 29.7 Å². The van der Waals surface area contributed by atoms with E-state index in [1.165, 1.54) is 30.4 Å². The molecule has 1 N–H and O–H groups in total. The molecule has 1 fully saturated rings. The van der Waals surface area contributed by atoms with Gasteiger partial charge in [-0.3, -0.25) is 4.79 Å². The number of thioether (sulfide) groups is 2. The highest BCUT2D eigenvalue weighted by Crippen LogP contribution is 2.45. The highest BCUT2D eigenvalue weighted by atomic mass is 35.5. The van der Waals surface area contributed by atoms with E-state index in [2.05, 4.69) is 16.4 Å². The van der Waals surface area contributed by atoms with Gasteiger partial charge in [0.1, 0.15) is 12.4 Å². The molecular weight excluding hydrogens is 456 g/mol. The van der Waals surface area contributed by atoms with Crippen molar-refractivity contribution in [3.8, 4) is 29.6 Å². The molecule has 0 aliphatic carbocycles. The Morgan fingerprint density at radius 3 is 2.71 bits per heavy atom. The Labute approximate surface area is 195 Å². The number of carbonyl (C=O) groups excluding carboxylic acids is 1. The largest absolute Gasteiger partial charge is 0.493 e. The molecular formula is C22H21ClN2O4S2. The van der Waals surface area contributed by atoms with Crippen molar-refractivity contribution in [2.45, 2.75) is 4.58 Å². The van der Waals surface area contributed by atoms with E-state index in [9.17, 15) is 4.79 Å². The van der Waals surface area contributed by atoms with Gasteiger partial charge >= 0.3 is 0 Å². The van der Waals surface area contributed by atoms with Crippen molar-refractivity contribution in [2.75, 3.05) is 31.8 Å². The number of halogens is 1. The SMILES string of the molecule is C#CCOc1c(Cl)cc(/C=N\NC(=O)COc2ccc(C3SCCS3)cc2)cc1OC. The molecule has 6 nitrogen and oxygen atoms in total. The summed E-state index contributed by atoms with van der Waals surface area (Å²) in [4.78, 5) is 12.0. The third kappa shape index (κ3) is 6.76. The fourth-order valence-corrected chi connectivity index (χ4v) is 5.83. The molecule has 0 radical (unpaired) electrons. The average molecular weight is 477 g/mol. The molecule has 2 aromatic carbocycles. The van der Waals surface area contributed by atoms with Crippen LogP contribution in [0.25, 0.3) is 0 Å². The lowest BCUT2D eigenvalue weighted by Crippen LogP contribution is -2.24. The van der Waals surface area contributed by atoms with Crippen molar-refractivity contribution in [1.82, 2.24) is 5.43 Å². The van der Waals surface area contributed by atoms with Gasteiger partial charge in [0.25, 0.3) is 5.91 Å². The van der Waals surface area contributed by atoms with Crippen LogP contribution in [0.15, 0.2) is 41.5 Å². The van der Waals surface area contributed by atoms with Crippen LogP contribution in [0.4, 0.5) is 0 Å².